The number of amides is 1. The highest BCUT2D eigenvalue weighted by Gasteiger charge is 2.06. The van der Waals surface area contributed by atoms with E-state index in [1.165, 1.54) is 5.56 Å². The van der Waals surface area contributed by atoms with Gasteiger partial charge in [0.05, 0.1) is 0 Å². The van der Waals surface area contributed by atoms with Crippen molar-refractivity contribution in [3.63, 3.8) is 0 Å². The first-order valence-corrected chi connectivity index (χ1v) is 7.12. The van der Waals surface area contributed by atoms with Gasteiger partial charge in [0.25, 0.3) is 0 Å². The molecule has 0 fully saturated rings. The van der Waals surface area contributed by atoms with Gasteiger partial charge in [0.1, 0.15) is 0 Å². The number of benzene rings is 1. The smallest absolute Gasteiger partial charge is 0.222 e. The topological polar surface area (TPSA) is 41.1 Å². The highest BCUT2D eigenvalue weighted by Crippen LogP contribution is 2.10. The monoisotopic (exact) mass is 282 g/mol. The molecule has 0 saturated heterocycles. The number of hydrogen-bond acceptors (Lipinski definition) is 2. The van der Waals surface area contributed by atoms with Crippen molar-refractivity contribution in [2.75, 3.05) is 13.1 Å². The fourth-order valence-electron chi connectivity index (χ4n) is 1.75. The molecule has 4 heteroatoms. The molecule has 1 atom stereocenters. The second-order valence-electron chi connectivity index (χ2n) is 5.13. The molecule has 0 radical (unpaired) electrons. The predicted molar refractivity (Wildman–Crippen MR) is 80.5 cm³/mol. The van der Waals surface area contributed by atoms with Gasteiger partial charge in [-0.15, -0.1) is 0 Å². The highest BCUT2D eigenvalue weighted by atomic mass is 35.5. The predicted octanol–water partition coefficient (Wildman–Crippen LogP) is 2.63. The van der Waals surface area contributed by atoms with Crippen molar-refractivity contribution in [3.8, 4) is 0 Å². The van der Waals surface area contributed by atoms with Crippen molar-refractivity contribution in [3.05, 3.63) is 34.9 Å². The maximum Gasteiger partial charge on any atom is 0.222 e. The Morgan fingerprint density at radius 1 is 1.16 bits per heavy atom. The summed E-state index contributed by atoms with van der Waals surface area (Å²) >= 11 is 5.85. The van der Waals surface area contributed by atoms with E-state index in [-0.39, 0.29) is 11.8 Å². The molecule has 2 N–H and O–H groups in total. The number of rotatable bonds is 7. The summed E-state index contributed by atoms with van der Waals surface area (Å²) in [6.07, 6.45) is 0.954. The number of carbonyl (C=O) groups is 1. The molecule has 0 aliphatic heterocycles. The molecule has 0 aliphatic rings. The van der Waals surface area contributed by atoms with Crippen LogP contribution in [0.3, 0.4) is 0 Å². The van der Waals surface area contributed by atoms with E-state index in [2.05, 4.69) is 17.6 Å². The fourth-order valence-corrected chi connectivity index (χ4v) is 1.88. The number of nitrogens with one attached hydrogen (secondary N) is 2. The minimum Gasteiger partial charge on any atom is -0.355 e. The molecule has 0 saturated carbocycles. The van der Waals surface area contributed by atoms with Gasteiger partial charge >= 0.3 is 0 Å². The quantitative estimate of drug-likeness (QED) is 0.755. The van der Waals surface area contributed by atoms with Gasteiger partial charge in [-0.05, 0) is 31.0 Å². The summed E-state index contributed by atoms with van der Waals surface area (Å²) in [5.74, 6) is 0.152. The maximum atomic E-state index is 11.4. The first kappa shape index (κ1) is 16.0. The first-order valence-electron chi connectivity index (χ1n) is 6.74. The van der Waals surface area contributed by atoms with Gasteiger partial charge in [0.15, 0.2) is 0 Å². The Labute approximate surface area is 120 Å². The molecule has 1 amide bonds. The number of carbonyl (C=O) groups excluding carboxylic acids is 1. The molecular weight excluding hydrogens is 260 g/mol. The van der Waals surface area contributed by atoms with Gasteiger partial charge in [0, 0.05) is 30.1 Å². The normalized spacial score (nSPS) is 12.5. The van der Waals surface area contributed by atoms with Crippen LogP contribution in [-0.2, 0) is 11.2 Å². The van der Waals surface area contributed by atoms with E-state index in [0.29, 0.717) is 12.6 Å². The van der Waals surface area contributed by atoms with E-state index in [0.717, 1.165) is 18.0 Å². The van der Waals surface area contributed by atoms with Crippen LogP contribution in [0.25, 0.3) is 0 Å². The van der Waals surface area contributed by atoms with Crippen molar-refractivity contribution in [2.45, 2.75) is 33.2 Å². The van der Waals surface area contributed by atoms with Crippen molar-refractivity contribution >= 4 is 17.5 Å². The molecule has 0 bridgehead atoms. The summed E-state index contributed by atoms with van der Waals surface area (Å²) in [6.45, 7) is 7.38. The average Bonchev–Trinajstić information content (AvgIpc) is 2.37. The Morgan fingerprint density at radius 2 is 1.79 bits per heavy atom. The molecule has 0 heterocycles. The zero-order valence-corrected chi connectivity index (χ0v) is 12.6. The Bertz CT molecular complexity index is 390. The Balaban J connectivity index is 2.19. The number of hydrogen-bond donors (Lipinski definition) is 2. The third kappa shape index (κ3) is 6.60. The summed E-state index contributed by atoms with van der Waals surface area (Å²) < 4.78 is 0. The maximum absolute atomic E-state index is 11.4. The molecule has 0 aliphatic carbocycles. The SMILES string of the molecule is CC(Cc1ccc(Cl)cc1)NCCNC(=O)C(C)C. The zero-order chi connectivity index (χ0) is 14.3. The van der Waals surface area contributed by atoms with Crippen LogP contribution in [0.1, 0.15) is 26.3 Å². The summed E-state index contributed by atoms with van der Waals surface area (Å²) in [5, 5.41) is 7.05. The van der Waals surface area contributed by atoms with Gasteiger partial charge in [-0.3, -0.25) is 4.79 Å². The standard InChI is InChI=1S/C15H23ClN2O/c1-11(2)15(19)18-9-8-17-12(3)10-13-4-6-14(16)7-5-13/h4-7,11-12,17H,8-10H2,1-3H3,(H,18,19). The minimum absolute atomic E-state index is 0.0477. The van der Waals surface area contributed by atoms with Crippen molar-refractivity contribution < 1.29 is 4.79 Å². The second kappa shape index (κ2) is 8.18. The van der Waals surface area contributed by atoms with Crippen LogP contribution in [0.4, 0.5) is 0 Å². The highest BCUT2D eigenvalue weighted by molar-refractivity contribution is 6.30. The molecule has 1 aromatic rings. The fraction of sp³-hybridized carbons (Fsp3) is 0.533. The summed E-state index contributed by atoms with van der Waals surface area (Å²) in [7, 11) is 0. The molecule has 3 nitrogen and oxygen atoms in total. The lowest BCUT2D eigenvalue weighted by molar-refractivity contribution is -0.123. The molecule has 106 valence electrons. The van der Waals surface area contributed by atoms with E-state index in [4.69, 9.17) is 11.6 Å². The molecule has 1 rings (SSSR count). The van der Waals surface area contributed by atoms with Gasteiger partial charge in [-0.1, -0.05) is 37.6 Å². The molecule has 0 spiro atoms. The van der Waals surface area contributed by atoms with E-state index in [9.17, 15) is 4.79 Å². The molecular formula is C15H23ClN2O. The van der Waals surface area contributed by atoms with Crippen LogP contribution < -0.4 is 10.6 Å². The van der Waals surface area contributed by atoms with Crippen LogP contribution in [0.2, 0.25) is 5.02 Å². The lowest BCUT2D eigenvalue weighted by Gasteiger charge is -2.15. The molecule has 0 aromatic heterocycles. The third-order valence-corrected chi connectivity index (χ3v) is 3.15. The van der Waals surface area contributed by atoms with Crippen LogP contribution >= 0.6 is 11.6 Å². The van der Waals surface area contributed by atoms with E-state index >= 15 is 0 Å². The van der Waals surface area contributed by atoms with E-state index < -0.39 is 0 Å². The van der Waals surface area contributed by atoms with Crippen LogP contribution in [0, 0.1) is 5.92 Å². The van der Waals surface area contributed by atoms with Gasteiger partial charge < -0.3 is 10.6 Å². The van der Waals surface area contributed by atoms with Crippen molar-refractivity contribution in [1.82, 2.24) is 10.6 Å². The average molecular weight is 283 g/mol. The van der Waals surface area contributed by atoms with Gasteiger partial charge in [-0.25, -0.2) is 0 Å². The van der Waals surface area contributed by atoms with Gasteiger partial charge in [-0.2, -0.15) is 0 Å². The summed E-state index contributed by atoms with van der Waals surface area (Å²) in [4.78, 5) is 11.4. The Morgan fingerprint density at radius 3 is 2.37 bits per heavy atom. The lowest BCUT2D eigenvalue weighted by Crippen LogP contribution is -2.37. The Kier molecular flexibility index (Phi) is 6.89. The lowest BCUT2D eigenvalue weighted by atomic mass is 10.1. The van der Waals surface area contributed by atoms with Crippen molar-refractivity contribution in [2.24, 2.45) is 5.92 Å². The van der Waals surface area contributed by atoms with E-state index in [1.54, 1.807) is 0 Å². The number of halogens is 1. The Hall–Kier alpha value is -1.06. The molecule has 19 heavy (non-hydrogen) atoms. The minimum atomic E-state index is 0.0477. The van der Waals surface area contributed by atoms with Crippen LogP contribution in [0.15, 0.2) is 24.3 Å². The van der Waals surface area contributed by atoms with Crippen molar-refractivity contribution in [1.29, 1.82) is 0 Å². The largest absolute Gasteiger partial charge is 0.355 e. The van der Waals surface area contributed by atoms with Crippen LogP contribution in [-0.4, -0.2) is 25.0 Å². The zero-order valence-electron chi connectivity index (χ0n) is 11.9. The molecule has 1 unspecified atom stereocenters. The second-order valence-corrected chi connectivity index (χ2v) is 5.57. The summed E-state index contributed by atoms with van der Waals surface area (Å²) in [6, 6.07) is 8.28. The van der Waals surface area contributed by atoms with E-state index in [1.807, 2.05) is 38.1 Å². The molecule has 1 aromatic carbocycles. The first-order chi connectivity index (χ1) is 8.99. The van der Waals surface area contributed by atoms with Crippen LogP contribution in [0.5, 0.6) is 0 Å². The van der Waals surface area contributed by atoms with Gasteiger partial charge in [0.2, 0.25) is 5.91 Å². The summed E-state index contributed by atoms with van der Waals surface area (Å²) in [5.41, 5.74) is 1.26. The third-order valence-electron chi connectivity index (χ3n) is 2.90.